The van der Waals surface area contributed by atoms with Gasteiger partial charge < -0.3 is 10.6 Å². The molecule has 2 aliphatic rings. The summed E-state index contributed by atoms with van der Waals surface area (Å²) in [5, 5.41) is 7.02. The van der Waals surface area contributed by atoms with Crippen LogP contribution in [0.4, 0.5) is 5.69 Å². The van der Waals surface area contributed by atoms with E-state index in [1.807, 2.05) is 26.0 Å². The molecule has 3 rings (SSSR count). The third kappa shape index (κ3) is 4.28. The summed E-state index contributed by atoms with van der Waals surface area (Å²) in [5.41, 5.74) is 2.85. The predicted molar refractivity (Wildman–Crippen MR) is 98.8 cm³/mol. The van der Waals surface area contributed by atoms with Gasteiger partial charge in [-0.05, 0) is 44.0 Å². The quantitative estimate of drug-likeness (QED) is 0.870. The first-order valence-electron chi connectivity index (χ1n) is 8.76. The predicted octanol–water partition coefficient (Wildman–Crippen LogP) is 1.87. The zero-order valence-corrected chi connectivity index (χ0v) is 15.3. The molecule has 2 heterocycles. The molecule has 1 aromatic carbocycles. The molecule has 0 radical (unpaired) electrons. The Morgan fingerprint density at radius 1 is 1.29 bits per heavy atom. The molecule has 2 aliphatic heterocycles. The lowest BCUT2D eigenvalue weighted by atomic mass is 10.1. The van der Waals surface area contributed by atoms with Gasteiger partial charge in [0.1, 0.15) is 0 Å². The molecule has 1 aromatic rings. The number of carbonyl (C=O) groups excluding carboxylic acids is 1. The van der Waals surface area contributed by atoms with Crippen molar-refractivity contribution < 1.29 is 4.79 Å². The number of nitrogens with one attached hydrogen (secondary N) is 2. The van der Waals surface area contributed by atoms with Crippen LogP contribution in [-0.4, -0.2) is 67.6 Å². The fourth-order valence-corrected chi connectivity index (χ4v) is 4.06. The minimum absolute atomic E-state index is 0.0137. The van der Waals surface area contributed by atoms with Crippen LogP contribution >= 0.6 is 11.6 Å². The summed E-state index contributed by atoms with van der Waals surface area (Å²) in [4.78, 5) is 17.2. The number of halogens is 1. The lowest BCUT2D eigenvalue weighted by molar-refractivity contribution is -0.117. The number of amides is 1. The molecular weight excluding hydrogens is 324 g/mol. The highest BCUT2D eigenvalue weighted by Crippen LogP contribution is 2.27. The van der Waals surface area contributed by atoms with Crippen LogP contribution in [0.15, 0.2) is 12.1 Å². The molecule has 0 aromatic heterocycles. The molecule has 1 amide bonds. The zero-order chi connectivity index (χ0) is 17.1. The van der Waals surface area contributed by atoms with E-state index in [1.165, 1.54) is 6.42 Å². The Morgan fingerprint density at radius 3 is 2.67 bits per heavy atom. The van der Waals surface area contributed by atoms with Crippen molar-refractivity contribution in [2.45, 2.75) is 26.3 Å². The van der Waals surface area contributed by atoms with Gasteiger partial charge in [-0.1, -0.05) is 17.7 Å². The molecule has 0 bridgehead atoms. The lowest BCUT2D eigenvalue weighted by Crippen LogP contribution is -2.52. The maximum absolute atomic E-state index is 12.4. The average Bonchev–Trinajstić information content (AvgIpc) is 3.06. The number of rotatable bonds is 4. The van der Waals surface area contributed by atoms with Crippen LogP contribution in [0.5, 0.6) is 0 Å². The van der Waals surface area contributed by atoms with Gasteiger partial charge in [-0.15, -0.1) is 0 Å². The van der Waals surface area contributed by atoms with E-state index in [0.717, 1.165) is 56.1 Å². The Morgan fingerprint density at radius 2 is 2.04 bits per heavy atom. The van der Waals surface area contributed by atoms with Crippen LogP contribution in [0.2, 0.25) is 5.02 Å². The number of aryl methyl sites for hydroxylation is 2. The van der Waals surface area contributed by atoms with Gasteiger partial charge in [-0.3, -0.25) is 14.6 Å². The van der Waals surface area contributed by atoms with Crippen LogP contribution in [-0.2, 0) is 4.79 Å². The molecule has 1 unspecified atom stereocenters. The fraction of sp³-hybridized carbons (Fsp3) is 0.611. The van der Waals surface area contributed by atoms with Crippen LogP contribution < -0.4 is 10.6 Å². The second kappa shape index (κ2) is 7.83. The first kappa shape index (κ1) is 17.7. The summed E-state index contributed by atoms with van der Waals surface area (Å²) in [6.45, 7) is 10.6. The average molecular weight is 351 g/mol. The highest BCUT2D eigenvalue weighted by atomic mass is 35.5. The van der Waals surface area contributed by atoms with Crippen molar-refractivity contribution >= 4 is 23.2 Å². The van der Waals surface area contributed by atoms with E-state index in [2.05, 4.69) is 20.4 Å². The van der Waals surface area contributed by atoms with Crippen molar-refractivity contribution in [3.63, 3.8) is 0 Å². The fourth-order valence-electron chi connectivity index (χ4n) is 3.69. The minimum Gasteiger partial charge on any atom is -0.323 e. The number of anilines is 1. The number of piperazine rings is 1. The standard InChI is InChI=1S/C18H27ClN4O/c1-13-9-14(2)18(16(19)10-13)21-17(24)12-22-5-7-23(8-6-22)15-3-4-20-11-15/h9-10,15,20H,3-8,11-12H2,1-2H3,(H,21,24). The van der Waals surface area contributed by atoms with Crippen molar-refractivity contribution in [2.24, 2.45) is 0 Å². The van der Waals surface area contributed by atoms with Crippen molar-refractivity contribution in [1.82, 2.24) is 15.1 Å². The molecule has 2 saturated heterocycles. The molecule has 24 heavy (non-hydrogen) atoms. The van der Waals surface area contributed by atoms with E-state index in [9.17, 15) is 4.79 Å². The summed E-state index contributed by atoms with van der Waals surface area (Å²) >= 11 is 6.27. The largest absolute Gasteiger partial charge is 0.323 e. The van der Waals surface area contributed by atoms with Crippen molar-refractivity contribution in [3.8, 4) is 0 Å². The van der Waals surface area contributed by atoms with Gasteiger partial charge in [0.25, 0.3) is 0 Å². The highest BCUT2D eigenvalue weighted by molar-refractivity contribution is 6.34. The highest BCUT2D eigenvalue weighted by Gasteiger charge is 2.26. The number of nitrogens with zero attached hydrogens (tertiary/aromatic N) is 2. The SMILES string of the molecule is Cc1cc(C)c(NC(=O)CN2CCN(C3CCNC3)CC2)c(Cl)c1. The van der Waals surface area contributed by atoms with Crippen LogP contribution in [0, 0.1) is 13.8 Å². The molecule has 132 valence electrons. The Labute approximate surface area is 149 Å². The Hall–Kier alpha value is -1.14. The Bertz CT molecular complexity index is 570. The van der Waals surface area contributed by atoms with Crippen LogP contribution in [0.1, 0.15) is 17.5 Å². The summed E-state index contributed by atoms with van der Waals surface area (Å²) in [6, 6.07) is 4.60. The molecule has 0 aliphatic carbocycles. The maximum Gasteiger partial charge on any atom is 0.238 e. The normalized spacial score (nSPS) is 22.7. The van der Waals surface area contributed by atoms with Crippen molar-refractivity contribution in [2.75, 3.05) is 51.1 Å². The summed E-state index contributed by atoms with van der Waals surface area (Å²) in [7, 11) is 0. The third-order valence-corrected chi connectivity index (χ3v) is 5.32. The van der Waals surface area contributed by atoms with Crippen LogP contribution in [0.25, 0.3) is 0 Å². The van der Waals surface area contributed by atoms with Gasteiger partial charge in [0.2, 0.25) is 5.91 Å². The van der Waals surface area contributed by atoms with E-state index in [-0.39, 0.29) is 5.91 Å². The number of hydrogen-bond acceptors (Lipinski definition) is 4. The number of benzene rings is 1. The smallest absolute Gasteiger partial charge is 0.238 e. The maximum atomic E-state index is 12.4. The van der Waals surface area contributed by atoms with Crippen LogP contribution in [0.3, 0.4) is 0 Å². The third-order valence-electron chi connectivity index (χ3n) is 5.02. The molecular formula is C18H27ClN4O. The van der Waals surface area contributed by atoms with E-state index < -0.39 is 0 Å². The zero-order valence-electron chi connectivity index (χ0n) is 14.6. The van der Waals surface area contributed by atoms with Gasteiger partial charge in [0.05, 0.1) is 17.3 Å². The monoisotopic (exact) mass is 350 g/mol. The first-order chi connectivity index (χ1) is 11.5. The van der Waals surface area contributed by atoms with Crippen molar-refractivity contribution in [3.05, 3.63) is 28.3 Å². The number of hydrogen-bond donors (Lipinski definition) is 2. The summed E-state index contributed by atoms with van der Waals surface area (Å²) in [5.74, 6) is 0.0137. The summed E-state index contributed by atoms with van der Waals surface area (Å²) in [6.07, 6.45) is 1.24. The summed E-state index contributed by atoms with van der Waals surface area (Å²) < 4.78 is 0. The molecule has 1 atom stereocenters. The van der Waals surface area contributed by atoms with Gasteiger partial charge in [0, 0.05) is 38.8 Å². The van der Waals surface area contributed by atoms with E-state index >= 15 is 0 Å². The molecule has 2 N–H and O–H groups in total. The van der Waals surface area contributed by atoms with E-state index in [4.69, 9.17) is 11.6 Å². The topological polar surface area (TPSA) is 47.6 Å². The molecule has 0 spiro atoms. The van der Waals surface area contributed by atoms with Crippen molar-refractivity contribution in [1.29, 1.82) is 0 Å². The van der Waals surface area contributed by atoms with E-state index in [1.54, 1.807) is 0 Å². The van der Waals surface area contributed by atoms with Gasteiger partial charge in [-0.25, -0.2) is 0 Å². The van der Waals surface area contributed by atoms with Gasteiger partial charge in [0.15, 0.2) is 0 Å². The first-order valence-corrected chi connectivity index (χ1v) is 9.14. The van der Waals surface area contributed by atoms with Gasteiger partial charge >= 0.3 is 0 Å². The molecule has 2 fully saturated rings. The molecule has 6 heteroatoms. The molecule has 0 saturated carbocycles. The molecule has 5 nitrogen and oxygen atoms in total. The lowest BCUT2D eigenvalue weighted by Gasteiger charge is -2.37. The Kier molecular flexibility index (Phi) is 5.76. The number of carbonyl (C=O) groups is 1. The Balaban J connectivity index is 1.49. The van der Waals surface area contributed by atoms with Gasteiger partial charge in [-0.2, -0.15) is 0 Å². The van der Waals surface area contributed by atoms with E-state index in [0.29, 0.717) is 17.6 Å². The minimum atomic E-state index is 0.0137. The second-order valence-corrected chi connectivity index (χ2v) is 7.35. The second-order valence-electron chi connectivity index (χ2n) is 6.95.